The predicted molar refractivity (Wildman–Crippen MR) is 246 cm³/mol. The molecule has 0 unspecified atom stereocenters. The third-order valence-corrected chi connectivity index (χ3v) is 10.5. The van der Waals surface area contributed by atoms with Crippen LogP contribution in [0.25, 0.3) is 0 Å². The molecule has 0 radical (unpaired) electrons. The Morgan fingerprint density at radius 2 is 1.44 bits per heavy atom. The number of ether oxygens (including phenoxy) is 5. The number of guanidine groups is 1. The number of nitrogens with two attached hydrogens (primary N) is 2. The van der Waals surface area contributed by atoms with Gasteiger partial charge in [-0.2, -0.15) is 0 Å². The summed E-state index contributed by atoms with van der Waals surface area (Å²) in [5.74, 6) is -11.2. The molecule has 1 fully saturated rings. The highest BCUT2D eigenvalue weighted by Crippen LogP contribution is 2.19. The van der Waals surface area contributed by atoms with E-state index in [9.17, 15) is 43.2 Å². The topological polar surface area (TPSA) is 324 Å². The summed E-state index contributed by atoms with van der Waals surface area (Å²) in [5, 5.41) is 12.7. The zero-order valence-electron chi connectivity index (χ0n) is 39.8. The van der Waals surface area contributed by atoms with Gasteiger partial charge in [-0.15, -0.1) is 0 Å². The van der Waals surface area contributed by atoms with Crippen LogP contribution in [0.2, 0.25) is 0 Å². The minimum Gasteiger partial charge on any atom is -0.428 e. The fraction of sp³-hybridized carbons (Fsp3) is 0.522. The van der Waals surface area contributed by atoms with Gasteiger partial charge in [-0.05, 0) is 45.1 Å². The zero-order chi connectivity index (χ0) is 50.9. The van der Waals surface area contributed by atoms with Crippen LogP contribution in [0.1, 0.15) is 79.7 Å². The standard InChI is InChI=1S/C46H66N8O14/c1-9-33-42(60)54-39(45(63)68-25-66-31(7)56)29(5)41(59)52-35(16-13-21-49-46(47)48)43(61)51-34(18-17-26(2)22-27(3)37(64-8)23-32-14-11-10-12-15-32)28(4)40(58)53-36(19-20-38(57)50-33)44(62)67-24-65-30(6)55/h9-12,14-15,17-18,22,27-29,34-37,39H,13,16,19-21,23-25H2,1-8H3,(H,50,57)(H,51,61)(H,52,59)(H,53,58)(H,54,60)(H4,47,48,49)/b18-17+,26-22+,33-9+/t27-,28-,29-,34-,35-,36+,37-,39+/m0/s1. The summed E-state index contributed by atoms with van der Waals surface area (Å²) in [6.45, 7) is 8.46. The van der Waals surface area contributed by atoms with Gasteiger partial charge in [-0.3, -0.25) is 38.6 Å². The molecule has 1 aromatic carbocycles. The molecule has 1 aromatic rings. The Morgan fingerprint density at radius 1 is 0.824 bits per heavy atom. The lowest BCUT2D eigenvalue weighted by molar-refractivity contribution is -0.170. The molecule has 1 aliphatic rings. The van der Waals surface area contributed by atoms with Crippen molar-refractivity contribution >= 4 is 59.4 Å². The summed E-state index contributed by atoms with van der Waals surface area (Å²) >= 11 is 0. The van der Waals surface area contributed by atoms with Crippen LogP contribution in [-0.2, 0) is 73.3 Å². The molecule has 8 atom stereocenters. The summed E-state index contributed by atoms with van der Waals surface area (Å²) in [7, 11) is 1.62. The van der Waals surface area contributed by atoms with E-state index in [4.69, 9.17) is 35.2 Å². The van der Waals surface area contributed by atoms with Crippen molar-refractivity contribution in [2.24, 2.45) is 34.2 Å². The van der Waals surface area contributed by atoms with Crippen molar-refractivity contribution in [3.8, 4) is 0 Å². The minimum atomic E-state index is -1.78. The van der Waals surface area contributed by atoms with Gasteiger partial charge < -0.3 is 61.7 Å². The quantitative estimate of drug-likeness (QED) is 0.0214. The number of allylic oxidation sites excluding steroid dienone is 3. The number of methoxy groups -OCH3 is 1. The SMILES string of the molecule is C/C=C1/NC(=O)CC[C@H](C(=O)OCOC(C)=O)NC(=O)[C@@H](C)[C@H](/C=C/C(C)=C/[C@H](C)[C@H](Cc2ccccc2)OC)NC(=O)[C@H](CCCN=C(N)N)NC(=O)[C@@H](C)[C@H](C(=O)OCOC(C)=O)NC1=O. The number of esters is 4. The summed E-state index contributed by atoms with van der Waals surface area (Å²) in [6.07, 6.45) is 6.02. The highest BCUT2D eigenvalue weighted by Gasteiger charge is 2.37. The van der Waals surface area contributed by atoms with Gasteiger partial charge in [0.05, 0.1) is 24.0 Å². The monoisotopic (exact) mass is 954 g/mol. The summed E-state index contributed by atoms with van der Waals surface area (Å²) in [5.41, 5.74) is 12.4. The molecule has 22 nitrogen and oxygen atoms in total. The highest BCUT2D eigenvalue weighted by molar-refractivity contribution is 6.01. The van der Waals surface area contributed by atoms with Gasteiger partial charge in [0.15, 0.2) is 5.96 Å². The first-order valence-electron chi connectivity index (χ1n) is 21.9. The van der Waals surface area contributed by atoms with Gasteiger partial charge in [-0.25, -0.2) is 9.59 Å². The number of hydrogen-bond donors (Lipinski definition) is 7. The average Bonchev–Trinajstić information content (AvgIpc) is 3.28. The van der Waals surface area contributed by atoms with Crippen molar-refractivity contribution in [3.63, 3.8) is 0 Å². The molecule has 0 spiro atoms. The van der Waals surface area contributed by atoms with Crippen molar-refractivity contribution in [1.82, 2.24) is 26.6 Å². The second-order valence-corrected chi connectivity index (χ2v) is 16.0. The van der Waals surface area contributed by atoms with Gasteiger partial charge in [0.25, 0.3) is 5.91 Å². The molecule has 374 valence electrons. The van der Waals surface area contributed by atoms with Crippen LogP contribution in [0.15, 0.2) is 70.9 Å². The molecule has 0 aromatic heterocycles. The maximum atomic E-state index is 14.4. The smallest absolute Gasteiger partial charge is 0.332 e. The Kier molecular flexibility index (Phi) is 24.8. The normalized spacial score (nSPS) is 22.9. The highest BCUT2D eigenvalue weighted by atomic mass is 16.7. The minimum absolute atomic E-state index is 0.0442. The van der Waals surface area contributed by atoms with Crippen LogP contribution in [0.3, 0.4) is 0 Å². The van der Waals surface area contributed by atoms with Crippen LogP contribution in [-0.4, -0.2) is 117 Å². The molecule has 9 N–H and O–H groups in total. The summed E-state index contributed by atoms with van der Waals surface area (Å²) < 4.78 is 25.4. The Morgan fingerprint density at radius 3 is 2.03 bits per heavy atom. The fourth-order valence-corrected chi connectivity index (χ4v) is 6.60. The molecule has 1 saturated heterocycles. The number of hydrogen-bond acceptors (Lipinski definition) is 15. The van der Waals surface area contributed by atoms with Gasteiger partial charge in [0.2, 0.25) is 37.2 Å². The maximum Gasteiger partial charge on any atom is 0.332 e. The van der Waals surface area contributed by atoms with Gasteiger partial charge >= 0.3 is 23.9 Å². The lowest BCUT2D eigenvalue weighted by atomic mass is 9.94. The van der Waals surface area contributed by atoms with Crippen LogP contribution >= 0.6 is 0 Å². The van der Waals surface area contributed by atoms with E-state index in [1.165, 1.54) is 26.8 Å². The molecule has 1 aliphatic heterocycles. The molecular formula is C46H66N8O14. The zero-order valence-corrected chi connectivity index (χ0v) is 39.8. The lowest BCUT2D eigenvalue weighted by Crippen LogP contribution is -2.56. The second-order valence-electron chi connectivity index (χ2n) is 16.0. The van der Waals surface area contributed by atoms with Gasteiger partial charge in [0.1, 0.15) is 23.8 Å². The van der Waals surface area contributed by atoms with E-state index in [1.807, 2.05) is 50.3 Å². The van der Waals surface area contributed by atoms with Crippen molar-refractivity contribution < 1.29 is 66.8 Å². The van der Waals surface area contributed by atoms with E-state index in [-0.39, 0.29) is 43.1 Å². The Labute approximate surface area is 395 Å². The number of carbonyl (C=O) groups is 9. The number of nitrogens with zero attached hydrogens (tertiary/aromatic N) is 1. The van der Waals surface area contributed by atoms with Crippen molar-refractivity contribution in [2.45, 2.75) is 111 Å². The molecule has 22 heteroatoms. The van der Waals surface area contributed by atoms with Crippen molar-refractivity contribution in [1.29, 1.82) is 0 Å². The predicted octanol–water partition coefficient (Wildman–Crippen LogP) is 0.589. The van der Waals surface area contributed by atoms with Crippen LogP contribution in [0, 0.1) is 17.8 Å². The van der Waals surface area contributed by atoms with Crippen LogP contribution < -0.4 is 38.1 Å². The third-order valence-electron chi connectivity index (χ3n) is 10.5. The second kappa shape index (κ2) is 29.5. The first kappa shape index (κ1) is 57.0. The number of nitrogens with one attached hydrogen (secondary N) is 5. The van der Waals surface area contributed by atoms with E-state index < -0.39 is 116 Å². The summed E-state index contributed by atoms with van der Waals surface area (Å²) in [4.78, 5) is 123. The molecule has 68 heavy (non-hydrogen) atoms. The average molecular weight is 955 g/mol. The van der Waals surface area contributed by atoms with Gasteiger partial charge in [-0.1, -0.05) is 81.0 Å². The van der Waals surface area contributed by atoms with E-state index >= 15 is 0 Å². The molecule has 0 aliphatic carbocycles. The molecule has 5 amide bonds. The Balaban J connectivity index is 2.73. The fourth-order valence-electron chi connectivity index (χ4n) is 6.60. The number of carbonyl (C=O) groups excluding carboxylic acids is 9. The number of aliphatic imine (C=N–C) groups is 1. The lowest BCUT2D eigenvalue weighted by Gasteiger charge is -2.28. The number of benzene rings is 1. The molecule has 0 bridgehead atoms. The number of amides is 5. The number of rotatable bonds is 17. The third kappa shape index (κ3) is 20.6. The van der Waals surface area contributed by atoms with E-state index in [1.54, 1.807) is 19.3 Å². The first-order valence-corrected chi connectivity index (χ1v) is 21.9. The van der Waals surface area contributed by atoms with Crippen molar-refractivity contribution in [2.75, 3.05) is 27.2 Å². The Hall–Kier alpha value is -7.10. The Bertz CT molecular complexity index is 2050. The summed E-state index contributed by atoms with van der Waals surface area (Å²) in [6, 6.07) is 3.99. The largest absolute Gasteiger partial charge is 0.428 e. The molecule has 0 saturated carbocycles. The molecule has 1 heterocycles. The first-order chi connectivity index (χ1) is 32.2. The molecule has 2 rings (SSSR count). The molecular weight excluding hydrogens is 889 g/mol. The van der Waals surface area contributed by atoms with Gasteiger partial charge in [0, 0.05) is 39.8 Å². The van der Waals surface area contributed by atoms with Crippen molar-refractivity contribution in [3.05, 3.63) is 71.5 Å². The van der Waals surface area contributed by atoms with E-state index in [2.05, 4.69) is 31.6 Å². The van der Waals surface area contributed by atoms with Crippen LogP contribution in [0.5, 0.6) is 0 Å². The van der Waals surface area contributed by atoms with E-state index in [0.717, 1.165) is 25.0 Å². The van der Waals surface area contributed by atoms with E-state index in [0.29, 0.717) is 6.42 Å². The van der Waals surface area contributed by atoms with Crippen LogP contribution in [0.4, 0.5) is 0 Å². The maximum absolute atomic E-state index is 14.4.